The standard InChI is InChI=1S/C33H41BrN2O8S/c1-6-7-14-36(38)33(37)35-25-17-21(18-28(39-2)31(25)43-15-16-45-24-10-8-23(34)9-11-24)26-12-13-27(44-26)22-19-29(40-3)32(42-5)30(20-22)41-4/h8-11,17-20,26-27,38H,6-7,12-16H2,1-5H3,(H,35,37). The first kappa shape index (κ1) is 34.6. The number of carbonyl (C=O) groups excluding carboxylic acids is 1. The van der Waals surface area contributed by atoms with Gasteiger partial charge in [0.05, 0.1) is 59.5 Å². The molecule has 45 heavy (non-hydrogen) atoms. The number of carbonyl (C=O) groups is 1. The van der Waals surface area contributed by atoms with E-state index in [9.17, 15) is 10.0 Å². The number of nitrogens with one attached hydrogen (secondary N) is 1. The van der Waals surface area contributed by atoms with Gasteiger partial charge < -0.3 is 33.7 Å². The quantitative estimate of drug-likeness (QED) is 0.0699. The van der Waals surface area contributed by atoms with Crippen molar-refractivity contribution in [3.8, 4) is 28.7 Å². The molecule has 0 radical (unpaired) electrons. The Hall–Kier alpha value is -3.32. The molecule has 2 unspecified atom stereocenters. The van der Waals surface area contributed by atoms with Gasteiger partial charge in [-0.15, -0.1) is 11.8 Å². The normalized spacial score (nSPS) is 15.8. The maximum Gasteiger partial charge on any atom is 0.345 e. The van der Waals surface area contributed by atoms with E-state index in [-0.39, 0.29) is 18.8 Å². The van der Waals surface area contributed by atoms with Crippen molar-refractivity contribution in [1.82, 2.24) is 5.06 Å². The van der Waals surface area contributed by atoms with Crippen LogP contribution >= 0.6 is 27.7 Å². The van der Waals surface area contributed by atoms with E-state index in [1.165, 1.54) is 0 Å². The molecule has 0 bridgehead atoms. The minimum absolute atomic E-state index is 0.210. The molecule has 12 heteroatoms. The van der Waals surface area contributed by atoms with Crippen LogP contribution in [0.3, 0.4) is 0 Å². The Morgan fingerprint density at radius 1 is 0.933 bits per heavy atom. The monoisotopic (exact) mass is 704 g/mol. The van der Waals surface area contributed by atoms with Gasteiger partial charge in [-0.1, -0.05) is 29.3 Å². The second-order valence-electron chi connectivity index (χ2n) is 10.3. The molecule has 0 saturated carbocycles. The maximum atomic E-state index is 13.0. The molecule has 4 rings (SSSR count). The summed E-state index contributed by atoms with van der Waals surface area (Å²) in [6, 6.07) is 14.9. The van der Waals surface area contributed by atoms with Gasteiger partial charge in [-0.05, 0) is 78.9 Å². The third-order valence-electron chi connectivity index (χ3n) is 7.36. The highest BCUT2D eigenvalue weighted by Crippen LogP contribution is 2.48. The van der Waals surface area contributed by atoms with Crippen LogP contribution in [0, 0.1) is 0 Å². The van der Waals surface area contributed by atoms with Gasteiger partial charge in [0.2, 0.25) is 5.75 Å². The third kappa shape index (κ3) is 8.90. The van der Waals surface area contributed by atoms with Crippen LogP contribution in [0.15, 0.2) is 57.9 Å². The van der Waals surface area contributed by atoms with Crippen molar-refractivity contribution >= 4 is 39.4 Å². The minimum atomic E-state index is -0.653. The largest absolute Gasteiger partial charge is 0.493 e. The Labute approximate surface area is 277 Å². The van der Waals surface area contributed by atoms with E-state index >= 15 is 0 Å². The highest BCUT2D eigenvalue weighted by atomic mass is 79.9. The number of urea groups is 1. The molecule has 1 aliphatic rings. The number of amides is 2. The molecule has 3 aromatic rings. The van der Waals surface area contributed by atoms with E-state index in [1.807, 2.05) is 55.5 Å². The van der Waals surface area contributed by atoms with Gasteiger partial charge in [0, 0.05) is 15.1 Å². The number of halogens is 1. The van der Waals surface area contributed by atoms with Crippen molar-refractivity contribution in [2.45, 2.75) is 49.7 Å². The highest BCUT2D eigenvalue weighted by molar-refractivity contribution is 9.10. The van der Waals surface area contributed by atoms with Gasteiger partial charge in [0.15, 0.2) is 23.0 Å². The summed E-state index contributed by atoms with van der Waals surface area (Å²) in [5.74, 6) is 3.14. The number of nitrogens with zero attached hydrogens (tertiary/aromatic N) is 1. The van der Waals surface area contributed by atoms with Crippen molar-refractivity contribution in [1.29, 1.82) is 0 Å². The van der Waals surface area contributed by atoms with E-state index in [1.54, 1.807) is 40.2 Å². The van der Waals surface area contributed by atoms with Crippen LogP contribution in [0.4, 0.5) is 10.5 Å². The Bertz CT molecular complexity index is 1400. The zero-order valence-corrected chi connectivity index (χ0v) is 28.7. The lowest BCUT2D eigenvalue weighted by Crippen LogP contribution is -2.33. The summed E-state index contributed by atoms with van der Waals surface area (Å²) < 4.78 is 36.1. The van der Waals surface area contributed by atoms with Crippen LogP contribution in [0.2, 0.25) is 0 Å². The molecule has 0 aromatic heterocycles. The fourth-order valence-electron chi connectivity index (χ4n) is 5.04. The number of thioether (sulfide) groups is 1. The second kappa shape index (κ2) is 16.8. The molecule has 0 spiro atoms. The molecule has 0 aliphatic carbocycles. The number of anilines is 1. The number of benzene rings is 3. The predicted molar refractivity (Wildman–Crippen MR) is 178 cm³/mol. The number of hydrogen-bond donors (Lipinski definition) is 2. The van der Waals surface area contributed by atoms with Gasteiger partial charge >= 0.3 is 6.03 Å². The molecule has 1 heterocycles. The Morgan fingerprint density at radius 2 is 1.51 bits per heavy atom. The lowest BCUT2D eigenvalue weighted by atomic mass is 10.0. The Morgan fingerprint density at radius 3 is 2.07 bits per heavy atom. The van der Waals surface area contributed by atoms with Crippen LogP contribution < -0.4 is 29.0 Å². The molecule has 2 N–H and O–H groups in total. The van der Waals surface area contributed by atoms with Gasteiger partial charge in [0.1, 0.15) is 0 Å². The molecule has 2 amide bonds. The van der Waals surface area contributed by atoms with Crippen molar-refractivity contribution in [2.75, 3.05) is 52.7 Å². The van der Waals surface area contributed by atoms with Gasteiger partial charge in [-0.3, -0.25) is 5.21 Å². The number of hydrogen-bond acceptors (Lipinski definition) is 9. The van der Waals surface area contributed by atoms with Crippen LogP contribution in [-0.4, -0.2) is 63.6 Å². The fraction of sp³-hybridized carbons (Fsp3) is 0.424. The van der Waals surface area contributed by atoms with E-state index in [4.69, 9.17) is 28.4 Å². The first-order valence-electron chi connectivity index (χ1n) is 14.8. The van der Waals surface area contributed by atoms with Crippen molar-refractivity contribution < 1.29 is 38.4 Å². The summed E-state index contributed by atoms with van der Waals surface area (Å²) in [6.45, 7) is 2.56. The second-order valence-corrected chi connectivity index (χ2v) is 12.4. The summed E-state index contributed by atoms with van der Waals surface area (Å²) in [5, 5.41) is 13.8. The van der Waals surface area contributed by atoms with Crippen LogP contribution in [0.25, 0.3) is 0 Å². The van der Waals surface area contributed by atoms with Gasteiger partial charge in [-0.2, -0.15) is 0 Å². The van der Waals surface area contributed by atoms with Gasteiger partial charge in [0.25, 0.3) is 0 Å². The van der Waals surface area contributed by atoms with E-state index < -0.39 is 6.03 Å². The summed E-state index contributed by atoms with van der Waals surface area (Å²) in [5.41, 5.74) is 2.10. The number of hydroxylamine groups is 2. The van der Waals surface area contributed by atoms with Crippen molar-refractivity contribution in [2.24, 2.45) is 0 Å². The highest BCUT2D eigenvalue weighted by Gasteiger charge is 2.31. The lowest BCUT2D eigenvalue weighted by Gasteiger charge is -2.22. The molecule has 244 valence electrons. The Kier molecular flexibility index (Phi) is 12.9. The topological polar surface area (TPSA) is 108 Å². The SMILES string of the molecule is CCCCN(O)C(=O)Nc1cc(C2CCC(c3cc(OC)c(OC)c(OC)c3)O2)cc(OC)c1OCCSc1ccc(Br)cc1. The molecule has 1 fully saturated rings. The minimum Gasteiger partial charge on any atom is -0.493 e. The van der Waals surface area contributed by atoms with Crippen LogP contribution in [-0.2, 0) is 4.74 Å². The average molecular weight is 706 g/mol. The van der Waals surface area contributed by atoms with Gasteiger partial charge in [-0.25, -0.2) is 9.86 Å². The number of rotatable bonds is 15. The molecule has 1 aliphatic heterocycles. The van der Waals surface area contributed by atoms with Crippen molar-refractivity contribution in [3.05, 3.63) is 64.1 Å². The molecule has 2 atom stereocenters. The Balaban J connectivity index is 1.57. The first-order valence-corrected chi connectivity index (χ1v) is 16.5. The molecular weight excluding hydrogens is 664 g/mol. The number of unbranched alkanes of at least 4 members (excludes halogenated alkanes) is 1. The predicted octanol–water partition coefficient (Wildman–Crippen LogP) is 8.27. The van der Waals surface area contributed by atoms with Crippen LogP contribution in [0.1, 0.15) is 55.9 Å². The maximum absolute atomic E-state index is 13.0. The van der Waals surface area contributed by atoms with E-state index in [2.05, 4.69) is 21.2 Å². The zero-order chi connectivity index (χ0) is 32.3. The molecular formula is C33H41BrN2O8S. The van der Waals surface area contributed by atoms with Crippen LogP contribution in [0.5, 0.6) is 28.7 Å². The molecule has 10 nitrogen and oxygen atoms in total. The molecule has 1 saturated heterocycles. The average Bonchev–Trinajstić information content (AvgIpc) is 3.56. The van der Waals surface area contributed by atoms with E-state index in [0.29, 0.717) is 58.3 Å². The smallest absolute Gasteiger partial charge is 0.345 e. The third-order valence-corrected chi connectivity index (χ3v) is 8.86. The summed E-state index contributed by atoms with van der Waals surface area (Å²) in [7, 11) is 6.29. The summed E-state index contributed by atoms with van der Waals surface area (Å²) >= 11 is 5.12. The first-order chi connectivity index (χ1) is 21.8. The number of ether oxygens (including phenoxy) is 6. The zero-order valence-electron chi connectivity index (χ0n) is 26.3. The fourth-order valence-corrected chi connectivity index (χ4v) is 6.04. The number of methoxy groups -OCH3 is 4. The summed E-state index contributed by atoms with van der Waals surface area (Å²) in [6.07, 6.45) is 2.48. The van der Waals surface area contributed by atoms with Crippen molar-refractivity contribution in [3.63, 3.8) is 0 Å². The van der Waals surface area contributed by atoms with E-state index in [0.717, 1.165) is 39.8 Å². The lowest BCUT2D eigenvalue weighted by molar-refractivity contribution is -0.0379. The molecule has 3 aromatic carbocycles. The summed E-state index contributed by atoms with van der Waals surface area (Å²) in [4.78, 5) is 14.1.